The van der Waals surface area contributed by atoms with Crippen molar-refractivity contribution in [3.8, 4) is 0 Å². The van der Waals surface area contributed by atoms with E-state index in [2.05, 4.69) is 11.6 Å². The summed E-state index contributed by atoms with van der Waals surface area (Å²) in [6.45, 7) is 2.56. The highest BCUT2D eigenvalue weighted by Gasteiger charge is 2.11. The fraction of sp³-hybridized carbons (Fsp3) is 0.455. The minimum absolute atomic E-state index is 0.187. The smallest absolute Gasteiger partial charge is 0.238 e. The van der Waals surface area contributed by atoms with Gasteiger partial charge in [0.2, 0.25) is 10.0 Å². The van der Waals surface area contributed by atoms with Crippen LogP contribution in [0.1, 0.15) is 12.0 Å². The Morgan fingerprint density at radius 2 is 2.12 bits per heavy atom. The van der Waals surface area contributed by atoms with Crippen LogP contribution in [-0.4, -0.2) is 27.0 Å². The van der Waals surface area contributed by atoms with Crippen molar-refractivity contribution in [2.24, 2.45) is 5.14 Å². The predicted octanol–water partition coefficient (Wildman–Crippen LogP) is 1.81. The molecule has 0 aliphatic rings. The molecule has 0 fully saturated rings. The summed E-state index contributed by atoms with van der Waals surface area (Å²) in [4.78, 5) is 0.187. The van der Waals surface area contributed by atoms with Crippen molar-refractivity contribution in [1.82, 2.24) is 0 Å². The molecule has 0 aromatic heterocycles. The van der Waals surface area contributed by atoms with Crippen LogP contribution in [0, 0.1) is 6.92 Å². The normalized spacial score (nSPS) is 11.5. The fourth-order valence-corrected chi connectivity index (χ4v) is 2.71. The van der Waals surface area contributed by atoms with Crippen LogP contribution < -0.4 is 10.5 Å². The van der Waals surface area contributed by atoms with Crippen molar-refractivity contribution in [2.75, 3.05) is 23.9 Å². The average molecular weight is 274 g/mol. The molecule has 0 bridgehead atoms. The molecule has 1 rings (SSSR count). The standard InChI is InChI=1S/C11H18N2O2S2/c1-9-4-5-10(13-6-3-7-16-2)8-11(9)17(12,14)15/h4-5,8,13H,3,6-7H2,1-2H3,(H2,12,14,15). The molecular weight excluding hydrogens is 256 g/mol. The summed E-state index contributed by atoms with van der Waals surface area (Å²) >= 11 is 1.79. The quantitative estimate of drug-likeness (QED) is 0.776. The number of hydrogen-bond donors (Lipinski definition) is 2. The van der Waals surface area contributed by atoms with Gasteiger partial charge in [0, 0.05) is 12.2 Å². The minimum atomic E-state index is -3.64. The van der Waals surface area contributed by atoms with Gasteiger partial charge < -0.3 is 5.32 Å². The molecule has 0 saturated heterocycles. The molecule has 17 heavy (non-hydrogen) atoms. The maximum absolute atomic E-state index is 11.3. The number of hydrogen-bond acceptors (Lipinski definition) is 4. The Bertz CT molecular complexity index is 472. The third kappa shape index (κ3) is 4.57. The van der Waals surface area contributed by atoms with E-state index in [4.69, 9.17) is 5.14 Å². The largest absolute Gasteiger partial charge is 0.385 e. The Hall–Kier alpha value is -0.720. The van der Waals surface area contributed by atoms with Crippen LogP contribution in [0.3, 0.4) is 0 Å². The number of anilines is 1. The zero-order chi connectivity index (χ0) is 12.9. The SMILES string of the molecule is CSCCCNc1ccc(C)c(S(N)(=O)=O)c1. The van der Waals surface area contributed by atoms with Gasteiger partial charge >= 0.3 is 0 Å². The molecule has 0 atom stereocenters. The maximum Gasteiger partial charge on any atom is 0.238 e. The maximum atomic E-state index is 11.3. The first kappa shape index (κ1) is 14.3. The van der Waals surface area contributed by atoms with Gasteiger partial charge in [0.05, 0.1) is 4.90 Å². The van der Waals surface area contributed by atoms with Gasteiger partial charge in [-0.2, -0.15) is 11.8 Å². The molecule has 0 unspecified atom stereocenters. The van der Waals surface area contributed by atoms with E-state index in [1.165, 1.54) is 0 Å². The van der Waals surface area contributed by atoms with Crippen LogP contribution in [0.4, 0.5) is 5.69 Å². The summed E-state index contributed by atoms with van der Waals surface area (Å²) in [6, 6.07) is 5.21. The van der Waals surface area contributed by atoms with Crippen LogP contribution >= 0.6 is 11.8 Å². The molecular formula is C11H18N2O2S2. The number of benzene rings is 1. The van der Waals surface area contributed by atoms with Crippen molar-refractivity contribution >= 4 is 27.5 Å². The zero-order valence-electron chi connectivity index (χ0n) is 10.1. The number of nitrogens with one attached hydrogen (secondary N) is 1. The van der Waals surface area contributed by atoms with Gasteiger partial charge in [-0.3, -0.25) is 0 Å². The molecule has 96 valence electrons. The second kappa shape index (κ2) is 6.28. The van der Waals surface area contributed by atoms with Gasteiger partial charge in [0.15, 0.2) is 0 Å². The Labute approximate surface area is 107 Å². The molecule has 0 spiro atoms. The number of aryl methyl sites for hydroxylation is 1. The van der Waals surface area contributed by atoms with Gasteiger partial charge in [-0.25, -0.2) is 13.6 Å². The number of sulfonamides is 1. The van der Waals surface area contributed by atoms with Crippen LogP contribution in [0.25, 0.3) is 0 Å². The van der Waals surface area contributed by atoms with E-state index in [9.17, 15) is 8.42 Å². The molecule has 3 N–H and O–H groups in total. The number of nitrogens with two attached hydrogens (primary N) is 1. The van der Waals surface area contributed by atoms with Crippen molar-refractivity contribution in [2.45, 2.75) is 18.2 Å². The number of rotatable bonds is 6. The summed E-state index contributed by atoms with van der Waals surface area (Å²) in [7, 11) is -3.64. The van der Waals surface area contributed by atoms with E-state index in [0.29, 0.717) is 5.56 Å². The monoisotopic (exact) mass is 274 g/mol. The fourth-order valence-electron chi connectivity index (χ4n) is 1.47. The Kier molecular flexibility index (Phi) is 5.30. The van der Waals surface area contributed by atoms with Crippen LogP contribution in [-0.2, 0) is 10.0 Å². The van der Waals surface area contributed by atoms with E-state index in [1.54, 1.807) is 30.8 Å². The van der Waals surface area contributed by atoms with E-state index < -0.39 is 10.0 Å². The number of thioether (sulfide) groups is 1. The highest BCUT2D eigenvalue weighted by atomic mass is 32.2. The summed E-state index contributed by atoms with van der Waals surface area (Å²) in [5.74, 6) is 1.08. The van der Waals surface area contributed by atoms with Crippen molar-refractivity contribution in [1.29, 1.82) is 0 Å². The van der Waals surface area contributed by atoms with Gasteiger partial charge in [-0.15, -0.1) is 0 Å². The Morgan fingerprint density at radius 1 is 1.41 bits per heavy atom. The molecule has 0 aliphatic heterocycles. The van der Waals surface area contributed by atoms with E-state index in [0.717, 1.165) is 24.4 Å². The van der Waals surface area contributed by atoms with Crippen molar-refractivity contribution in [3.63, 3.8) is 0 Å². The van der Waals surface area contributed by atoms with E-state index >= 15 is 0 Å². The molecule has 1 aromatic rings. The van der Waals surface area contributed by atoms with Crippen LogP contribution in [0.2, 0.25) is 0 Å². The Balaban J connectivity index is 2.76. The lowest BCUT2D eigenvalue weighted by molar-refractivity contribution is 0.597. The first-order valence-corrected chi connectivity index (χ1v) is 8.25. The van der Waals surface area contributed by atoms with Crippen LogP contribution in [0.5, 0.6) is 0 Å². The first-order valence-electron chi connectivity index (χ1n) is 5.31. The molecule has 0 amide bonds. The molecule has 0 heterocycles. The van der Waals surface area contributed by atoms with Crippen molar-refractivity contribution < 1.29 is 8.42 Å². The lowest BCUT2D eigenvalue weighted by Gasteiger charge is -2.09. The average Bonchev–Trinajstić information content (AvgIpc) is 2.25. The predicted molar refractivity (Wildman–Crippen MR) is 74.0 cm³/mol. The molecule has 0 aliphatic carbocycles. The second-order valence-electron chi connectivity index (χ2n) is 3.80. The minimum Gasteiger partial charge on any atom is -0.385 e. The summed E-state index contributed by atoms with van der Waals surface area (Å²) < 4.78 is 22.7. The van der Waals surface area contributed by atoms with Gasteiger partial charge in [0.25, 0.3) is 0 Å². The second-order valence-corrected chi connectivity index (χ2v) is 6.31. The zero-order valence-corrected chi connectivity index (χ0v) is 11.7. The molecule has 1 aromatic carbocycles. The van der Waals surface area contributed by atoms with Gasteiger partial charge in [-0.1, -0.05) is 6.07 Å². The summed E-state index contributed by atoms with van der Waals surface area (Å²) in [6.07, 6.45) is 3.10. The number of primary sulfonamides is 1. The van der Waals surface area contributed by atoms with Gasteiger partial charge in [0.1, 0.15) is 0 Å². The molecule has 0 saturated carbocycles. The topological polar surface area (TPSA) is 72.2 Å². The van der Waals surface area contributed by atoms with E-state index in [1.807, 2.05) is 6.07 Å². The lowest BCUT2D eigenvalue weighted by Crippen LogP contribution is -2.14. The van der Waals surface area contributed by atoms with E-state index in [-0.39, 0.29) is 4.90 Å². The third-order valence-corrected chi connectivity index (χ3v) is 4.10. The van der Waals surface area contributed by atoms with Crippen LogP contribution in [0.15, 0.2) is 23.1 Å². The lowest BCUT2D eigenvalue weighted by atomic mass is 10.2. The third-order valence-electron chi connectivity index (χ3n) is 2.35. The summed E-state index contributed by atoms with van der Waals surface area (Å²) in [5.41, 5.74) is 1.46. The molecule has 6 heteroatoms. The van der Waals surface area contributed by atoms with Crippen molar-refractivity contribution in [3.05, 3.63) is 23.8 Å². The highest BCUT2D eigenvalue weighted by Crippen LogP contribution is 2.18. The summed E-state index contributed by atoms with van der Waals surface area (Å²) in [5, 5.41) is 8.33. The molecule has 4 nitrogen and oxygen atoms in total. The highest BCUT2D eigenvalue weighted by molar-refractivity contribution is 7.98. The molecule has 0 radical (unpaired) electrons. The first-order chi connectivity index (χ1) is 7.95. The Morgan fingerprint density at radius 3 is 2.71 bits per heavy atom. The van der Waals surface area contributed by atoms with Gasteiger partial charge in [-0.05, 0) is 43.0 Å².